The second-order valence-electron chi connectivity index (χ2n) is 4.37. The number of nitrogens with two attached hydrogens (primary N) is 1. The molecule has 1 unspecified atom stereocenters. The predicted octanol–water partition coefficient (Wildman–Crippen LogP) is 1.92. The van der Waals surface area contributed by atoms with Gasteiger partial charge in [0, 0.05) is 24.5 Å². The van der Waals surface area contributed by atoms with Gasteiger partial charge in [-0.2, -0.15) is 0 Å². The molecule has 0 bridgehead atoms. The van der Waals surface area contributed by atoms with Gasteiger partial charge in [0.15, 0.2) is 0 Å². The molecule has 2 heterocycles. The topological polar surface area (TPSA) is 64.7 Å². The number of rotatable bonds is 1. The Kier molecular flexibility index (Phi) is 2.48. The quantitative estimate of drug-likeness (QED) is 0.806. The molecule has 0 amide bonds. The van der Waals surface area contributed by atoms with Gasteiger partial charge in [0.25, 0.3) is 0 Å². The normalized spacial score (nSPS) is 18.7. The van der Waals surface area contributed by atoms with Crippen LogP contribution in [0.3, 0.4) is 0 Å². The van der Waals surface area contributed by atoms with Crippen LogP contribution in [0.5, 0.6) is 0 Å². The van der Waals surface area contributed by atoms with Crippen LogP contribution in [-0.4, -0.2) is 15.0 Å². The minimum Gasteiger partial charge on any atom is -0.368 e. The van der Waals surface area contributed by atoms with Gasteiger partial charge in [-0.3, -0.25) is 4.98 Å². The fourth-order valence-corrected chi connectivity index (χ4v) is 2.46. The molecule has 0 radical (unpaired) electrons. The third kappa shape index (κ3) is 1.86. The van der Waals surface area contributed by atoms with Gasteiger partial charge in [0.05, 0.1) is 5.69 Å². The highest BCUT2D eigenvalue weighted by molar-refractivity contribution is 5.34. The van der Waals surface area contributed by atoms with Crippen molar-refractivity contribution in [2.24, 2.45) is 0 Å². The van der Waals surface area contributed by atoms with Crippen molar-refractivity contribution in [3.8, 4) is 0 Å². The lowest BCUT2D eigenvalue weighted by atomic mass is 9.83. The molecule has 4 heteroatoms. The van der Waals surface area contributed by atoms with Crippen molar-refractivity contribution in [2.45, 2.75) is 25.2 Å². The minimum absolute atomic E-state index is 0.320. The number of aryl methyl sites for hydroxylation is 1. The largest absolute Gasteiger partial charge is 0.368 e. The second kappa shape index (κ2) is 4.13. The van der Waals surface area contributed by atoms with Crippen molar-refractivity contribution in [3.05, 3.63) is 47.5 Å². The summed E-state index contributed by atoms with van der Waals surface area (Å²) in [7, 11) is 0. The molecule has 2 N–H and O–H groups in total. The van der Waals surface area contributed by atoms with E-state index in [9.17, 15) is 0 Å². The van der Waals surface area contributed by atoms with E-state index < -0.39 is 0 Å². The van der Waals surface area contributed by atoms with E-state index in [1.165, 1.54) is 17.7 Å². The second-order valence-corrected chi connectivity index (χ2v) is 4.37. The van der Waals surface area contributed by atoms with Crippen LogP contribution < -0.4 is 5.73 Å². The standard InChI is InChI=1S/C13H14N4/c14-13-16-7-10(8-17-13)11-5-1-3-9-4-2-6-15-12(9)11/h2,4,6-8,11H,1,3,5H2,(H2,14,16,17). The average Bonchev–Trinajstić information content (AvgIpc) is 2.39. The molecule has 0 fully saturated rings. The van der Waals surface area contributed by atoms with Crippen LogP contribution in [0.2, 0.25) is 0 Å². The van der Waals surface area contributed by atoms with Crippen LogP contribution in [0, 0.1) is 0 Å². The Morgan fingerprint density at radius 2 is 2.00 bits per heavy atom. The third-order valence-corrected chi connectivity index (χ3v) is 3.29. The van der Waals surface area contributed by atoms with Crippen molar-refractivity contribution >= 4 is 5.95 Å². The SMILES string of the molecule is Nc1ncc(C2CCCc3cccnc32)cn1. The van der Waals surface area contributed by atoms with Gasteiger partial charge in [0.2, 0.25) is 5.95 Å². The van der Waals surface area contributed by atoms with Crippen LogP contribution in [0.25, 0.3) is 0 Å². The molecular weight excluding hydrogens is 212 g/mol. The molecule has 0 aromatic carbocycles. The zero-order valence-electron chi connectivity index (χ0n) is 9.50. The molecule has 1 aliphatic carbocycles. The highest BCUT2D eigenvalue weighted by atomic mass is 15.0. The number of pyridine rings is 1. The Hall–Kier alpha value is -1.97. The summed E-state index contributed by atoms with van der Waals surface area (Å²) < 4.78 is 0. The highest BCUT2D eigenvalue weighted by Crippen LogP contribution is 2.34. The predicted molar refractivity (Wildman–Crippen MR) is 65.5 cm³/mol. The molecule has 3 rings (SSSR count). The number of nitrogen functional groups attached to an aromatic ring is 1. The zero-order chi connectivity index (χ0) is 11.7. The first kappa shape index (κ1) is 10.2. The van der Waals surface area contributed by atoms with Crippen molar-refractivity contribution < 1.29 is 0 Å². The van der Waals surface area contributed by atoms with E-state index >= 15 is 0 Å². The lowest BCUT2D eigenvalue weighted by molar-refractivity contribution is 0.596. The highest BCUT2D eigenvalue weighted by Gasteiger charge is 2.23. The zero-order valence-corrected chi connectivity index (χ0v) is 9.50. The van der Waals surface area contributed by atoms with Crippen LogP contribution in [0.15, 0.2) is 30.7 Å². The smallest absolute Gasteiger partial charge is 0.219 e. The summed E-state index contributed by atoms with van der Waals surface area (Å²) in [6.07, 6.45) is 8.91. The molecular formula is C13H14N4. The van der Waals surface area contributed by atoms with E-state index in [1.54, 1.807) is 0 Å². The van der Waals surface area contributed by atoms with Gasteiger partial charge in [-0.15, -0.1) is 0 Å². The Balaban J connectivity index is 2.03. The summed E-state index contributed by atoms with van der Waals surface area (Å²) in [4.78, 5) is 12.6. The van der Waals surface area contributed by atoms with Crippen LogP contribution >= 0.6 is 0 Å². The molecule has 86 valence electrons. The Morgan fingerprint density at radius 3 is 2.82 bits per heavy atom. The fourth-order valence-electron chi connectivity index (χ4n) is 2.46. The van der Waals surface area contributed by atoms with Crippen LogP contribution in [-0.2, 0) is 6.42 Å². The maximum Gasteiger partial charge on any atom is 0.219 e. The number of hydrogen-bond acceptors (Lipinski definition) is 4. The van der Waals surface area contributed by atoms with Gasteiger partial charge < -0.3 is 5.73 Å². The summed E-state index contributed by atoms with van der Waals surface area (Å²) in [6.45, 7) is 0. The molecule has 2 aromatic rings. The molecule has 2 aromatic heterocycles. The molecule has 0 saturated carbocycles. The Labute approximate surface area is 99.9 Å². The number of nitrogens with zero attached hydrogens (tertiary/aromatic N) is 3. The van der Waals surface area contributed by atoms with Crippen molar-refractivity contribution in [3.63, 3.8) is 0 Å². The molecule has 1 atom stereocenters. The average molecular weight is 226 g/mol. The summed E-state index contributed by atoms with van der Waals surface area (Å²) in [5.41, 5.74) is 9.14. The Morgan fingerprint density at radius 1 is 1.18 bits per heavy atom. The molecule has 17 heavy (non-hydrogen) atoms. The van der Waals surface area contributed by atoms with E-state index in [-0.39, 0.29) is 0 Å². The maximum absolute atomic E-state index is 5.51. The number of fused-ring (bicyclic) bond motifs is 1. The van der Waals surface area contributed by atoms with Crippen molar-refractivity contribution in [1.82, 2.24) is 15.0 Å². The number of aromatic nitrogens is 3. The molecule has 1 aliphatic rings. The summed E-state index contributed by atoms with van der Waals surface area (Å²) in [6, 6.07) is 4.16. The van der Waals surface area contributed by atoms with Gasteiger partial charge in [0.1, 0.15) is 0 Å². The van der Waals surface area contributed by atoms with Crippen LogP contribution in [0.1, 0.15) is 35.6 Å². The number of hydrogen-bond donors (Lipinski definition) is 1. The molecule has 0 aliphatic heterocycles. The lowest BCUT2D eigenvalue weighted by Crippen LogP contribution is -2.13. The number of anilines is 1. The maximum atomic E-state index is 5.51. The van der Waals surface area contributed by atoms with Gasteiger partial charge in [-0.1, -0.05) is 6.07 Å². The third-order valence-electron chi connectivity index (χ3n) is 3.29. The Bertz CT molecular complexity index is 521. The van der Waals surface area contributed by atoms with Crippen LogP contribution in [0.4, 0.5) is 5.95 Å². The summed E-state index contributed by atoms with van der Waals surface area (Å²) >= 11 is 0. The van der Waals surface area contributed by atoms with Gasteiger partial charge in [-0.05, 0) is 36.5 Å². The van der Waals surface area contributed by atoms with Gasteiger partial charge >= 0.3 is 0 Å². The first-order chi connectivity index (χ1) is 8.34. The summed E-state index contributed by atoms with van der Waals surface area (Å²) in [5, 5.41) is 0. The first-order valence-electron chi connectivity index (χ1n) is 5.86. The monoisotopic (exact) mass is 226 g/mol. The lowest BCUT2D eigenvalue weighted by Gasteiger charge is -2.23. The van der Waals surface area contributed by atoms with Gasteiger partial charge in [-0.25, -0.2) is 9.97 Å². The van der Waals surface area contributed by atoms with E-state index in [0.29, 0.717) is 11.9 Å². The van der Waals surface area contributed by atoms with Crippen molar-refractivity contribution in [1.29, 1.82) is 0 Å². The fraction of sp³-hybridized carbons (Fsp3) is 0.308. The first-order valence-corrected chi connectivity index (χ1v) is 5.86. The molecule has 0 saturated heterocycles. The molecule has 0 spiro atoms. The molecule has 4 nitrogen and oxygen atoms in total. The van der Waals surface area contributed by atoms with E-state index in [1.807, 2.05) is 24.7 Å². The van der Waals surface area contributed by atoms with E-state index in [4.69, 9.17) is 5.73 Å². The van der Waals surface area contributed by atoms with Crippen molar-refractivity contribution in [2.75, 3.05) is 5.73 Å². The van der Waals surface area contributed by atoms with E-state index in [0.717, 1.165) is 18.4 Å². The minimum atomic E-state index is 0.320. The summed E-state index contributed by atoms with van der Waals surface area (Å²) in [5.74, 6) is 0.645. The van der Waals surface area contributed by atoms with E-state index in [2.05, 4.69) is 21.0 Å².